The molecule has 1 aliphatic rings. The summed E-state index contributed by atoms with van der Waals surface area (Å²) in [6.45, 7) is -0.115. The Bertz CT molecular complexity index is 623. The van der Waals surface area contributed by atoms with Crippen molar-refractivity contribution < 1.29 is 57.9 Å². The molecule has 0 bridgehead atoms. The van der Waals surface area contributed by atoms with Gasteiger partial charge < -0.3 is 40.7 Å². The number of hydrogen-bond acceptors (Lipinski definition) is 10. The Hall–Kier alpha value is -1.39. The number of rotatable bonds is 6. The molecule has 8 N–H and O–H groups in total. The number of amides is 1. The van der Waals surface area contributed by atoms with E-state index in [2.05, 4.69) is 4.74 Å². The Balaban J connectivity index is 3.48. The van der Waals surface area contributed by atoms with Gasteiger partial charge in [0.05, 0.1) is 12.6 Å². The standard InChI is InChI=1S/C11H19NO12S/c1-3(14)12-5-7(17)9(25(21,22)23)11(20,10(18)19)24-8(5)6(16)4(15)2-13/h4-9,13,15-17,20H,2H2,1H3,(H,12,14)(H,18,19)(H,21,22,23)/t4-,5-,6-,7-,8-,9?,11?/m1/s1. The van der Waals surface area contributed by atoms with Gasteiger partial charge in [-0.2, -0.15) is 8.42 Å². The van der Waals surface area contributed by atoms with Gasteiger partial charge in [0, 0.05) is 6.92 Å². The van der Waals surface area contributed by atoms with Gasteiger partial charge in [-0.25, -0.2) is 4.79 Å². The molecule has 0 saturated carbocycles. The fourth-order valence-corrected chi connectivity index (χ4v) is 3.61. The summed E-state index contributed by atoms with van der Waals surface area (Å²) >= 11 is 0. The first-order chi connectivity index (χ1) is 11.3. The number of carboxylic acid groups (broad SMARTS) is 1. The van der Waals surface area contributed by atoms with Gasteiger partial charge in [-0.3, -0.25) is 9.35 Å². The van der Waals surface area contributed by atoms with Crippen LogP contribution in [-0.4, -0.2) is 104 Å². The summed E-state index contributed by atoms with van der Waals surface area (Å²) in [5.41, 5.74) is 0. The number of carbonyl (C=O) groups is 2. The van der Waals surface area contributed by atoms with Crippen LogP contribution in [0, 0.1) is 0 Å². The van der Waals surface area contributed by atoms with Crippen molar-refractivity contribution in [1.82, 2.24) is 5.32 Å². The summed E-state index contributed by atoms with van der Waals surface area (Å²) in [4.78, 5) is 22.5. The second-order valence-corrected chi connectivity index (χ2v) is 7.01. The third-order valence-corrected chi connectivity index (χ3v) is 4.89. The van der Waals surface area contributed by atoms with Crippen molar-refractivity contribution in [2.75, 3.05) is 6.61 Å². The number of carboxylic acids is 1. The van der Waals surface area contributed by atoms with E-state index >= 15 is 0 Å². The molecule has 7 atom stereocenters. The van der Waals surface area contributed by atoms with E-state index in [-0.39, 0.29) is 0 Å². The van der Waals surface area contributed by atoms with Gasteiger partial charge in [0.15, 0.2) is 5.25 Å². The molecule has 2 unspecified atom stereocenters. The van der Waals surface area contributed by atoms with E-state index in [0.717, 1.165) is 6.92 Å². The van der Waals surface area contributed by atoms with Crippen LogP contribution in [0.3, 0.4) is 0 Å². The molecule has 0 radical (unpaired) electrons. The summed E-state index contributed by atoms with van der Waals surface area (Å²) in [5.74, 6) is -6.92. The monoisotopic (exact) mass is 389 g/mol. The quantitative estimate of drug-likeness (QED) is 0.199. The Morgan fingerprint density at radius 2 is 1.84 bits per heavy atom. The van der Waals surface area contributed by atoms with Crippen LogP contribution in [0.15, 0.2) is 0 Å². The lowest BCUT2D eigenvalue weighted by Crippen LogP contribution is -2.74. The minimum atomic E-state index is -5.42. The summed E-state index contributed by atoms with van der Waals surface area (Å²) in [6.07, 6.45) is -8.61. The van der Waals surface area contributed by atoms with E-state index in [4.69, 9.17) is 10.2 Å². The van der Waals surface area contributed by atoms with Crippen molar-refractivity contribution in [3.63, 3.8) is 0 Å². The molecule has 146 valence electrons. The molecule has 14 heteroatoms. The maximum Gasteiger partial charge on any atom is 0.365 e. The predicted molar refractivity (Wildman–Crippen MR) is 75.5 cm³/mol. The number of hydrogen-bond donors (Lipinski definition) is 8. The molecule has 0 aromatic heterocycles. The number of aliphatic carboxylic acids is 1. The van der Waals surface area contributed by atoms with Crippen molar-refractivity contribution in [3.05, 3.63) is 0 Å². The molecular formula is C11H19NO12S. The van der Waals surface area contributed by atoms with Crippen LogP contribution in [0.25, 0.3) is 0 Å². The zero-order valence-electron chi connectivity index (χ0n) is 12.8. The van der Waals surface area contributed by atoms with Crippen LogP contribution in [0.4, 0.5) is 0 Å². The van der Waals surface area contributed by atoms with Crippen LogP contribution >= 0.6 is 0 Å². The van der Waals surface area contributed by atoms with Gasteiger partial charge in [0.25, 0.3) is 15.9 Å². The summed E-state index contributed by atoms with van der Waals surface area (Å²) in [6, 6.07) is -1.86. The molecule has 1 amide bonds. The molecule has 0 spiro atoms. The molecular weight excluding hydrogens is 370 g/mol. The van der Waals surface area contributed by atoms with Gasteiger partial charge in [0.1, 0.15) is 24.4 Å². The van der Waals surface area contributed by atoms with Crippen LogP contribution in [0.1, 0.15) is 6.92 Å². The molecule has 1 fully saturated rings. The van der Waals surface area contributed by atoms with Gasteiger partial charge in [-0.05, 0) is 0 Å². The number of carbonyl (C=O) groups excluding carboxylic acids is 1. The smallest absolute Gasteiger partial charge is 0.365 e. The highest BCUT2D eigenvalue weighted by Crippen LogP contribution is 2.34. The zero-order valence-corrected chi connectivity index (χ0v) is 13.6. The highest BCUT2D eigenvalue weighted by atomic mass is 32.2. The second kappa shape index (κ2) is 7.46. The summed E-state index contributed by atoms with van der Waals surface area (Å²) in [5, 5.41) is 56.7. The maximum absolute atomic E-state index is 11.4. The number of aliphatic hydroxyl groups excluding tert-OH is 4. The average Bonchev–Trinajstić information content (AvgIpc) is 2.46. The van der Waals surface area contributed by atoms with E-state index in [0.29, 0.717) is 0 Å². The fraction of sp³-hybridized carbons (Fsp3) is 0.818. The van der Waals surface area contributed by atoms with Crippen LogP contribution in [0.2, 0.25) is 0 Å². The molecule has 0 aromatic carbocycles. The molecule has 13 nitrogen and oxygen atoms in total. The fourth-order valence-electron chi connectivity index (χ4n) is 2.52. The maximum atomic E-state index is 11.4. The molecule has 0 aliphatic carbocycles. The Morgan fingerprint density at radius 3 is 2.20 bits per heavy atom. The minimum absolute atomic E-state index is 0.877. The first-order valence-corrected chi connectivity index (χ1v) is 8.29. The predicted octanol–water partition coefficient (Wildman–Crippen LogP) is -5.01. The third kappa shape index (κ3) is 4.24. The Labute approximate surface area is 141 Å². The van der Waals surface area contributed by atoms with Crippen molar-refractivity contribution in [2.24, 2.45) is 0 Å². The summed E-state index contributed by atoms with van der Waals surface area (Å²) < 4.78 is 36.7. The SMILES string of the molecule is CC(=O)N[C@H]1[C@H]([C@H](O)[C@H](O)CO)OC(O)(C(=O)O)C(S(=O)(=O)O)[C@@H]1O. The lowest BCUT2D eigenvalue weighted by molar-refractivity contribution is -0.292. The van der Waals surface area contributed by atoms with E-state index in [1.807, 2.05) is 5.32 Å². The van der Waals surface area contributed by atoms with E-state index in [9.17, 15) is 43.0 Å². The largest absolute Gasteiger partial charge is 0.477 e. The first-order valence-electron chi connectivity index (χ1n) is 6.79. The number of nitrogens with one attached hydrogen (secondary N) is 1. The van der Waals surface area contributed by atoms with Crippen molar-refractivity contribution in [3.8, 4) is 0 Å². The van der Waals surface area contributed by atoms with Gasteiger partial charge in [-0.15, -0.1) is 0 Å². The van der Waals surface area contributed by atoms with Gasteiger partial charge >= 0.3 is 5.97 Å². The average molecular weight is 389 g/mol. The molecule has 0 aromatic rings. The van der Waals surface area contributed by atoms with Crippen molar-refractivity contribution in [1.29, 1.82) is 0 Å². The van der Waals surface area contributed by atoms with Gasteiger partial charge in [0.2, 0.25) is 5.91 Å². The second-order valence-electron chi connectivity index (χ2n) is 5.48. The first kappa shape index (κ1) is 21.7. The highest BCUT2D eigenvalue weighted by molar-refractivity contribution is 7.86. The highest BCUT2D eigenvalue weighted by Gasteiger charge is 2.65. The minimum Gasteiger partial charge on any atom is -0.477 e. The summed E-state index contributed by atoms with van der Waals surface area (Å²) in [7, 11) is -5.42. The number of aliphatic hydroxyl groups is 5. The molecule has 1 rings (SSSR count). The third-order valence-electron chi connectivity index (χ3n) is 3.65. The zero-order chi connectivity index (χ0) is 19.7. The van der Waals surface area contributed by atoms with Crippen LogP contribution in [-0.2, 0) is 24.4 Å². The lowest BCUT2D eigenvalue weighted by atomic mass is 9.88. The van der Waals surface area contributed by atoms with Crippen molar-refractivity contribution >= 4 is 22.0 Å². The lowest BCUT2D eigenvalue weighted by Gasteiger charge is -2.47. The van der Waals surface area contributed by atoms with E-state index in [1.54, 1.807) is 0 Å². The van der Waals surface area contributed by atoms with Crippen molar-refractivity contribution in [2.45, 2.75) is 48.4 Å². The Kier molecular flexibility index (Phi) is 6.47. The number of ether oxygens (including phenoxy) is 1. The Morgan fingerprint density at radius 1 is 1.32 bits per heavy atom. The topological polar surface area (TPSA) is 231 Å². The van der Waals surface area contributed by atoms with Gasteiger partial charge in [-0.1, -0.05) is 0 Å². The molecule has 25 heavy (non-hydrogen) atoms. The normalized spacial score (nSPS) is 35.6. The van der Waals surface area contributed by atoms with E-state index in [1.165, 1.54) is 0 Å². The van der Waals surface area contributed by atoms with E-state index < -0.39 is 70.1 Å². The molecule has 1 heterocycles. The molecule has 1 aliphatic heterocycles. The van der Waals surface area contributed by atoms with Crippen LogP contribution < -0.4 is 5.32 Å². The molecule has 1 saturated heterocycles. The van der Waals surface area contributed by atoms with Crippen LogP contribution in [0.5, 0.6) is 0 Å².